The predicted molar refractivity (Wildman–Crippen MR) is 134 cm³/mol. The largest absolute Gasteiger partial charge is 0.355 e. The molecule has 0 saturated carbocycles. The monoisotopic (exact) mass is 501 g/mol. The molecule has 0 aromatic heterocycles. The molecule has 1 atom stereocenters. The molecule has 180 valence electrons. The summed E-state index contributed by atoms with van der Waals surface area (Å²) in [7, 11) is -2.57. The number of amides is 2. The molecular formula is C25H28ClN3O4S. The number of nitrogens with one attached hydrogen (secondary N) is 1. The van der Waals surface area contributed by atoms with Crippen LogP contribution in [-0.2, 0) is 26.2 Å². The maximum atomic E-state index is 13.3. The van der Waals surface area contributed by atoms with Gasteiger partial charge in [-0.3, -0.25) is 9.59 Å². The van der Waals surface area contributed by atoms with Crippen molar-refractivity contribution in [3.05, 3.63) is 77.3 Å². The van der Waals surface area contributed by atoms with Crippen LogP contribution in [0.2, 0.25) is 5.02 Å². The van der Waals surface area contributed by atoms with Gasteiger partial charge in [0.05, 0.1) is 11.4 Å². The van der Waals surface area contributed by atoms with Crippen LogP contribution in [0.15, 0.2) is 71.6 Å². The first-order chi connectivity index (χ1) is 16.1. The fourth-order valence-electron chi connectivity index (χ4n) is 3.61. The van der Waals surface area contributed by atoms with Gasteiger partial charge < -0.3 is 10.2 Å². The molecule has 0 spiro atoms. The summed E-state index contributed by atoms with van der Waals surface area (Å²) >= 11 is 6.08. The van der Waals surface area contributed by atoms with Crippen molar-refractivity contribution in [2.24, 2.45) is 0 Å². The number of sulfonamides is 1. The van der Waals surface area contributed by atoms with E-state index in [1.807, 2.05) is 24.3 Å². The summed E-state index contributed by atoms with van der Waals surface area (Å²) in [5, 5.41) is 4.93. The van der Waals surface area contributed by atoms with Crippen LogP contribution in [0, 0.1) is 0 Å². The molecule has 0 aliphatic carbocycles. The van der Waals surface area contributed by atoms with Gasteiger partial charge in [0.25, 0.3) is 0 Å². The van der Waals surface area contributed by atoms with Gasteiger partial charge in [0.1, 0.15) is 6.04 Å². The predicted octanol–water partition coefficient (Wildman–Crippen LogP) is 3.67. The summed E-state index contributed by atoms with van der Waals surface area (Å²) in [6, 6.07) is 18.5. The fourth-order valence-corrected chi connectivity index (χ4v) is 4.98. The van der Waals surface area contributed by atoms with Gasteiger partial charge in [-0.15, -0.1) is 0 Å². The minimum absolute atomic E-state index is 0.0969. The second-order valence-corrected chi connectivity index (χ2v) is 10.5. The average Bonchev–Trinajstić information content (AvgIpc) is 2.81. The molecule has 0 bridgehead atoms. The summed E-state index contributed by atoms with van der Waals surface area (Å²) in [4.78, 5) is 27.3. The second-order valence-electron chi connectivity index (χ2n) is 7.99. The third kappa shape index (κ3) is 5.94. The third-order valence-electron chi connectivity index (χ3n) is 5.55. The molecule has 34 heavy (non-hydrogen) atoms. The summed E-state index contributed by atoms with van der Waals surface area (Å²) in [5.41, 5.74) is 0.733. The Balaban J connectivity index is 1.85. The lowest BCUT2D eigenvalue weighted by Crippen LogP contribution is -2.50. The minimum atomic E-state index is -3.93. The molecule has 7 nitrogen and oxygen atoms in total. The Labute approximate surface area is 205 Å². The minimum Gasteiger partial charge on any atom is -0.355 e. The van der Waals surface area contributed by atoms with Crippen molar-refractivity contribution >= 4 is 44.2 Å². The van der Waals surface area contributed by atoms with Crippen LogP contribution >= 0.6 is 11.6 Å². The lowest BCUT2D eigenvalue weighted by atomic mass is 10.1. The Hall–Kier alpha value is -2.94. The van der Waals surface area contributed by atoms with Crippen LogP contribution in [0.5, 0.6) is 0 Å². The molecule has 1 N–H and O–H groups in total. The first-order valence-corrected chi connectivity index (χ1v) is 12.7. The number of rotatable bonds is 9. The van der Waals surface area contributed by atoms with Gasteiger partial charge in [-0.1, -0.05) is 54.1 Å². The molecule has 2 amide bonds. The van der Waals surface area contributed by atoms with E-state index in [-0.39, 0.29) is 17.3 Å². The number of nitrogens with zero attached hydrogens (tertiary/aromatic N) is 2. The quantitative estimate of drug-likeness (QED) is 0.484. The van der Waals surface area contributed by atoms with Crippen molar-refractivity contribution in [3.8, 4) is 0 Å². The second kappa shape index (κ2) is 11.0. The zero-order valence-electron chi connectivity index (χ0n) is 19.4. The van der Waals surface area contributed by atoms with E-state index in [4.69, 9.17) is 11.6 Å². The van der Waals surface area contributed by atoms with Crippen molar-refractivity contribution in [3.63, 3.8) is 0 Å². The van der Waals surface area contributed by atoms with Crippen LogP contribution in [-0.4, -0.2) is 55.6 Å². The zero-order chi connectivity index (χ0) is 24.9. The molecule has 3 aromatic rings. The number of hydrogen-bond donors (Lipinski definition) is 1. The van der Waals surface area contributed by atoms with Crippen molar-refractivity contribution < 1.29 is 18.0 Å². The van der Waals surface area contributed by atoms with E-state index >= 15 is 0 Å². The van der Waals surface area contributed by atoms with E-state index in [1.165, 1.54) is 18.0 Å². The third-order valence-corrected chi connectivity index (χ3v) is 7.58. The summed E-state index contributed by atoms with van der Waals surface area (Å²) in [6.07, 6.45) is 0. The molecule has 3 aromatic carbocycles. The Kier molecular flexibility index (Phi) is 8.30. The lowest BCUT2D eigenvalue weighted by Gasteiger charge is -2.30. The number of benzene rings is 3. The van der Waals surface area contributed by atoms with Crippen molar-refractivity contribution in [1.29, 1.82) is 0 Å². The van der Waals surface area contributed by atoms with Gasteiger partial charge in [0.2, 0.25) is 21.8 Å². The number of hydrogen-bond acceptors (Lipinski definition) is 4. The summed E-state index contributed by atoms with van der Waals surface area (Å²) in [5.74, 6) is -0.816. The van der Waals surface area contributed by atoms with Crippen molar-refractivity contribution in [1.82, 2.24) is 14.5 Å². The maximum Gasteiger partial charge on any atom is 0.243 e. The Morgan fingerprint density at radius 2 is 1.71 bits per heavy atom. The normalized spacial score (nSPS) is 12.5. The molecule has 0 heterocycles. The molecule has 0 radical (unpaired) electrons. The first-order valence-electron chi connectivity index (χ1n) is 10.9. The maximum absolute atomic E-state index is 13.3. The fraction of sp³-hybridized carbons (Fsp3) is 0.280. The number of halogens is 1. The zero-order valence-corrected chi connectivity index (χ0v) is 20.9. The number of fused-ring (bicyclic) bond motifs is 1. The van der Waals surface area contributed by atoms with Crippen LogP contribution in [0.3, 0.4) is 0 Å². The van der Waals surface area contributed by atoms with E-state index in [0.29, 0.717) is 11.6 Å². The standard InChI is InChI=1S/C25H28ClN3O4S/c1-4-27-25(31)18(2)29(16-19-8-7-11-22(26)14-19)24(30)17-28(3)34(32,33)23-13-12-20-9-5-6-10-21(20)15-23/h5-15,18H,4,16-17H2,1-3H3,(H,27,31). The Morgan fingerprint density at radius 1 is 1.00 bits per heavy atom. The highest BCUT2D eigenvalue weighted by Gasteiger charge is 2.30. The smallest absolute Gasteiger partial charge is 0.243 e. The number of carbonyl (C=O) groups excluding carboxylic acids is 2. The van der Waals surface area contributed by atoms with Crippen LogP contribution in [0.1, 0.15) is 19.4 Å². The lowest BCUT2D eigenvalue weighted by molar-refractivity contribution is -0.140. The topological polar surface area (TPSA) is 86.8 Å². The molecule has 1 unspecified atom stereocenters. The molecule has 9 heteroatoms. The molecule has 0 aliphatic heterocycles. The molecule has 0 saturated heterocycles. The van der Waals surface area contributed by atoms with Crippen LogP contribution in [0.4, 0.5) is 0 Å². The van der Waals surface area contributed by atoms with Crippen LogP contribution < -0.4 is 5.32 Å². The van der Waals surface area contributed by atoms with Gasteiger partial charge >= 0.3 is 0 Å². The van der Waals surface area contributed by atoms with Gasteiger partial charge in [-0.25, -0.2) is 8.42 Å². The van der Waals surface area contributed by atoms with Gasteiger partial charge in [-0.05, 0) is 54.4 Å². The van der Waals surface area contributed by atoms with E-state index in [1.54, 1.807) is 50.2 Å². The highest BCUT2D eigenvalue weighted by molar-refractivity contribution is 7.89. The highest BCUT2D eigenvalue weighted by Crippen LogP contribution is 2.22. The molecule has 3 rings (SSSR count). The van der Waals surface area contributed by atoms with E-state index in [2.05, 4.69) is 5.32 Å². The van der Waals surface area contributed by atoms with Gasteiger partial charge in [0.15, 0.2) is 0 Å². The molecule has 0 fully saturated rings. The van der Waals surface area contributed by atoms with E-state index in [9.17, 15) is 18.0 Å². The SMILES string of the molecule is CCNC(=O)C(C)N(Cc1cccc(Cl)c1)C(=O)CN(C)S(=O)(=O)c1ccc2ccccc2c1. The first kappa shape index (κ1) is 25.7. The van der Waals surface area contributed by atoms with E-state index < -0.39 is 28.5 Å². The van der Waals surface area contributed by atoms with Gasteiger partial charge in [0, 0.05) is 25.2 Å². The number of likely N-dealkylation sites (N-methyl/N-ethyl adjacent to an activating group) is 2. The Bertz CT molecular complexity index is 1300. The number of carbonyl (C=O) groups is 2. The molecular weight excluding hydrogens is 474 g/mol. The van der Waals surface area contributed by atoms with E-state index in [0.717, 1.165) is 20.6 Å². The van der Waals surface area contributed by atoms with Crippen molar-refractivity contribution in [2.45, 2.75) is 31.3 Å². The Morgan fingerprint density at radius 3 is 2.38 bits per heavy atom. The molecule has 0 aliphatic rings. The van der Waals surface area contributed by atoms with Crippen LogP contribution in [0.25, 0.3) is 10.8 Å². The summed E-state index contributed by atoms with van der Waals surface area (Å²) < 4.78 is 27.4. The summed E-state index contributed by atoms with van der Waals surface area (Å²) in [6.45, 7) is 3.52. The van der Waals surface area contributed by atoms with Crippen molar-refractivity contribution in [2.75, 3.05) is 20.1 Å². The average molecular weight is 502 g/mol. The highest BCUT2D eigenvalue weighted by atomic mass is 35.5. The van der Waals surface area contributed by atoms with Gasteiger partial charge in [-0.2, -0.15) is 4.31 Å².